The van der Waals surface area contributed by atoms with Crippen molar-refractivity contribution in [3.63, 3.8) is 0 Å². The maximum absolute atomic E-state index is 11.4. The van der Waals surface area contributed by atoms with Gasteiger partial charge in [-0.2, -0.15) is 0 Å². The first-order valence-electron chi connectivity index (χ1n) is 12.2. The van der Waals surface area contributed by atoms with Gasteiger partial charge >= 0.3 is 0 Å². The molecule has 0 aliphatic carbocycles. The van der Waals surface area contributed by atoms with Crippen molar-refractivity contribution in [1.82, 2.24) is 9.80 Å². The maximum Gasteiger partial charge on any atom is 0.124 e. The number of benzene rings is 1. The highest BCUT2D eigenvalue weighted by Crippen LogP contribution is 2.37. The summed E-state index contributed by atoms with van der Waals surface area (Å²) in [5.41, 5.74) is 3.06. The summed E-state index contributed by atoms with van der Waals surface area (Å²) in [6.45, 7) is 3.83. The molecule has 182 valence electrons. The molecule has 3 N–H and O–H groups in total. The standard InChI is InChI=1S/C25H36N2O3S3/c28-11-7-21-5-1-3-9-26(21)16-19-13-18(23-15-24(31)33-32-23)14-20(25(19)30)17-27-10-4-2-6-22(27)8-12-29/h13-15,21-22,28-30H,1-12,16-17H2. The Morgan fingerprint density at radius 2 is 1.36 bits per heavy atom. The number of piperidine rings is 2. The molecule has 3 heterocycles. The Hall–Kier alpha value is -0.870. The SMILES string of the molecule is OCCC1CCCCN1Cc1cc(-c2cc(=S)ss2)cc(CN2CCCCC2CCO)c1O. The summed E-state index contributed by atoms with van der Waals surface area (Å²) in [5.74, 6) is 0.402. The van der Waals surface area contributed by atoms with Gasteiger partial charge in [0.1, 0.15) is 9.57 Å². The second kappa shape index (κ2) is 12.2. The third-order valence-corrected chi connectivity index (χ3v) is 10.1. The van der Waals surface area contributed by atoms with Crippen LogP contribution < -0.4 is 0 Å². The first kappa shape index (κ1) is 25.2. The average Bonchev–Trinajstić information content (AvgIpc) is 3.25. The predicted molar refractivity (Wildman–Crippen MR) is 140 cm³/mol. The van der Waals surface area contributed by atoms with Gasteiger partial charge < -0.3 is 15.3 Å². The van der Waals surface area contributed by atoms with Crippen LogP contribution in [-0.4, -0.2) is 63.5 Å². The van der Waals surface area contributed by atoms with E-state index in [9.17, 15) is 15.3 Å². The van der Waals surface area contributed by atoms with Gasteiger partial charge in [0.2, 0.25) is 0 Å². The van der Waals surface area contributed by atoms with Crippen molar-refractivity contribution in [1.29, 1.82) is 0 Å². The lowest BCUT2D eigenvalue weighted by molar-refractivity contribution is 0.109. The third-order valence-electron chi connectivity index (χ3n) is 7.18. The number of aliphatic hydroxyl groups is 2. The van der Waals surface area contributed by atoms with E-state index in [0.717, 1.165) is 77.0 Å². The van der Waals surface area contributed by atoms with Crippen LogP contribution in [-0.2, 0) is 13.1 Å². The molecule has 2 saturated heterocycles. The van der Waals surface area contributed by atoms with Crippen molar-refractivity contribution in [3.8, 4) is 16.2 Å². The third kappa shape index (κ3) is 6.42. The van der Waals surface area contributed by atoms with E-state index in [-0.39, 0.29) is 13.2 Å². The number of rotatable bonds is 9. The summed E-state index contributed by atoms with van der Waals surface area (Å²) in [6, 6.07) is 7.08. The van der Waals surface area contributed by atoms with Gasteiger partial charge in [0.05, 0.1) is 0 Å². The Kier molecular flexibility index (Phi) is 9.33. The van der Waals surface area contributed by atoms with Crippen LogP contribution in [0.1, 0.15) is 62.5 Å². The lowest BCUT2D eigenvalue weighted by atomic mass is 9.95. The van der Waals surface area contributed by atoms with Crippen molar-refractivity contribution < 1.29 is 15.3 Å². The molecule has 1 aromatic carbocycles. The van der Waals surface area contributed by atoms with Gasteiger partial charge in [-0.05, 0) is 75.4 Å². The van der Waals surface area contributed by atoms with E-state index in [1.165, 1.54) is 12.8 Å². The summed E-state index contributed by atoms with van der Waals surface area (Å²) in [4.78, 5) is 6.03. The Morgan fingerprint density at radius 3 is 1.82 bits per heavy atom. The van der Waals surface area contributed by atoms with Crippen molar-refractivity contribution >= 4 is 32.9 Å². The van der Waals surface area contributed by atoms with E-state index >= 15 is 0 Å². The zero-order valence-corrected chi connectivity index (χ0v) is 21.7. The van der Waals surface area contributed by atoms with E-state index in [1.807, 2.05) is 0 Å². The van der Waals surface area contributed by atoms with E-state index < -0.39 is 0 Å². The lowest BCUT2D eigenvalue weighted by Gasteiger charge is -2.37. The number of nitrogens with zero attached hydrogens (tertiary/aromatic N) is 2. The number of likely N-dealkylation sites (tertiary alicyclic amines) is 2. The van der Waals surface area contributed by atoms with Gasteiger partial charge in [-0.1, -0.05) is 45.7 Å². The minimum Gasteiger partial charge on any atom is -0.507 e. The van der Waals surface area contributed by atoms with Crippen LogP contribution in [0.3, 0.4) is 0 Å². The van der Waals surface area contributed by atoms with Gasteiger partial charge in [-0.25, -0.2) is 0 Å². The van der Waals surface area contributed by atoms with Crippen molar-refractivity contribution in [3.05, 3.63) is 33.1 Å². The van der Waals surface area contributed by atoms with Crippen LogP contribution in [0.4, 0.5) is 0 Å². The fourth-order valence-electron chi connectivity index (χ4n) is 5.44. The zero-order valence-electron chi connectivity index (χ0n) is 19.2. The molecule has 2 aromatic rings. The first-order valence-corrected chi connectivity index (χ1v) is 14.8. The quantitative estimate of drug-likeness (QED) is 0.312. The topological polar surface area (TPSA) is 67.2 Å². The molecule has 2 aliphatic heterocycles. The molecule has 2 fully saturated rings. The minimum absolute atomic E-state index is 0.206. The molecule has 4 rings (SSSR count). The molecule has 2 unspecified atom stereocenters. The lowest BCUT2D eigenvalue weighted by Crippen LogP contribution is -2.40. The average molecular weight is 509 g/mol. The smallest absolute Gasteiger partial charge is 0.124 e. The van der Waals surface area contributed by atoms with Crippen molar-refractivity contribution in [2.24, 2.45) is 0 Å². The van der Waals surface area contributed by atoms with Crippen LogP contribution in [0.2, 0.25) is 0 Å². The van der Waals surface area contributed by atoms with E-state index in [4.69, 9.17) is 12.2 Å². The molecule has 2 atom stereocenters. The molecular weight excluding hydrogens is 472 g/mol. The Balaban J connectivity index is 1.66. The van der Waals surface area contributed by atoms with Crippen LogP contribution in [0.25, 0.3) is 10.4 Å². The molecular formula is C25H36N2O3S3. The second-order valence-corrected chi connectivity index (χ2v) is 12.3. The predicted octanol–water partition coefficient (Wildman–Crippen LogP) is 5.39. The van der Waals surface area contributed by atoms with E-state index in [2.05, 4.69) is 28.0 Å². The fraction of sp³-hybridized carbons (Fsp3) is 0.640. The molecule has 2 aliphatic rings. The number of phenols is 1. The Labute approximate surface area is 209 Å². The molecule has 1 aromatic heterocycles. The van der Waals surface area contributed by atoms with Gasteiger partial charge in [0.25, 0.3) is 0 Å². The largest absolute Gasteiger partial charge is 0.507 e. The minimum atomic E-state index is 0.206. The number of phenolic OH excluding ortho intramolecular Hbond substituents is 1. The molecule has 0 radical (unpaired) electrons. The van der Waals surface area contributed by atoms with Crippen LogP contribution in [0.5, 0.6) is 5.75 Å². The summed E-state index contributed by atoms with van der Waals surface area (Å²) < 4.78 is 0.893. The number of hydrogen-bond donors (Lipinski definition) is 3. The summed E-state index contributed by atoms with van der Waals surface area (Å²) in [6.07, 6.45) is 8.53. The number of aliphatic hydroxyl groups excluding tert-OH is 2. The summed E-state index contributed by atoms with van der Waals surface area (Å²) >= 11 is 5.39. The van der Waals surface area contributed by atoms with Crippen molar-refractivity contribution in [2.45, 2.75) is 76.5 Å². The number of aromatic hydroxyl groups is 1. The van der Waals surface area contributed by atoms with Crippen LogP contribution in [0, 0.1) is 3.82 Å². The van der Waals surface area contributed by atoms with Crippen molar-refractivity contribution in [2.75, 3.05) is 26.3 Å². The van der Waals surface area contributed by atoms with Gasteiger partial charge in [0, 0.05) is 54.4 Å². The highest BCUT2D eigenvalue weighted by atomic mass is 32.9. The maximum atomic E-state index is 11.4. The first-order chi connectivity index (χ1) is 16.1. The fourth-order valence-corrected chi connectivity index (χ4v) is 7.83. The zero-order chi connectivity index (χ0) is 23.2. The Bertz CT molecular complexity index is 907. The number of hydrogen-bond acceptors (Lipinski definition) is 8. The molecule has 8 heteroatoms. The molecule has 0 saturated carbocycles. The normalized spacial score (nSPS) is 22.6. The highest BCUT2D eigenvalue weighted by molar-refractivity contribution is 7.80. The van der Waals surface area contributed by atoms with Crippen LogP contribution in [0.15, 0.2) is 18.2 Å². The second-order valence-electron chi connectivity index (χ2n) is 9.40. The summed E-state index contributed by atoms with van der Waals surface area (Å²) in [5, 5.41) is 30.5. The van der Waals surface area contributed by atoms with Gasteiger partial charge in [-0.15, -0.1) is 0 Å². The van der Waals surface area contributed by atoms with E-state index in [0.29, 0.717) is 30.9 Å². The molecule has 0 bridgehead atoms. The molecule has 0 spiro atoms. The molecule has 5 nitrogen and oxygen atoms in total. The van der Waals surface area contributed by atoms with Crippen LogP contribution >= 0.6 is 32.9 Å². The Morgan fingerprint density at radius 1 is 0.818 bits per heavy atom. The summed E-state index contributed by atoms with van der Waals surface area (Å²) in [7, 11) is 3.32. The molecule has 33 heavy (non-hydrogen) atoms. The van der Waals surface area contributed by atoms with E-state index in [1.54, 1.807) is 20.7 Å². The monoisotopic (exact) mass is 508 g/mol. The highest BCUT2D eigenvalue weighted by Gasteiger charge is 2.26. The van der Waals surface area contributed by atoms with Gasteiger partial charge in [0.15, 0.2) is 0 Å². The van der Waals surface area contributed by atoms with Gasteiger partial charge in [-0.3, -0.25) is 9.80 Å². The molecule has 0 amide bonds.